The SMILES string of the molecule is CC1(C)O[C@@H]2[C@@H](CO[C@@]3(COS(=O)(=O)NC(=O)CCCCCCCCCCCN4C(=O)c5ccccc5C4=O)OC(C)(C)O[C@@H]23)O1. The van der Waals surface area contributed by atoms with Gasteiger partial charge in [0.15, 0.2) is 11.6 Å². The Morgan fingerprint density at radius 3 is 2.09 bits per heavy atom. The van der Waals surface area contributed by atoms with Crippen molar-refractivity contribution in [1.82, 2.24) is 9.62 Å². The molecule has 0 bridgehead atoms. The quantitative estimate of drug-likeness (QED) is 0.201. The number of nitrogens with one attached hydrogen (secondary N) is 1. The fourth-order valence-corrected chi connectivity index (χ4v) is 7.32. The van der Waals surface area contributed by atoms with Crippen LogP contribution in [0, 0.1) is 0 Å². The summed E-state index contributed by atoms with van der Waals surface area (Å²) in [5, 5.41) is 0. The molecule has 3 amide bonds. The highest BCUT2D eigenvalue weighted by molar-refractivity contribution is 7.85. The van der Waals surface area contributed by atoms with Gasteiger partial charge in [0, 0.05) is 13.0 Å². The molecule has 0 radical (unpaired) electrons. The number of hydrogen-bond donors (Lipinski definition) is 1. The van der Waals surface area contributed by atoms with Crippen molar-refractivity contribution in [3.05, 3.63) is 35.4 Å². The molecule has 14 heteroatoms. The Hall–Kier alpha value is -2.46. The first-order chi connectivity index (χ1) is 21.7. The molecule has 13 nitrogen and oxygen atoms in total. The van der Waals surface area contributed by atoms with Gasteiger partial charge in [-0.25, -0.2) is 8.91 Å². The van der Waals surface area contributed by atoms with E-state index in [1.54, 1.807) is 52.0 Å². The summed E-state index contributed by atoms with van der Waals surface area (Å²) in [6.07, 6.45) is 6.43. The first kappa shape index (κ1) is 34.9. The first-order valence-corrected chi connectivity index (χ1v) is 17.6. The number of hydrogen-bond acceptors (Lipinski definition) is 11. The number of unbranched alkanes of at least 4 members (excludes halogenated alkanes) is 8. The van der Waals surface area contributed by atoms with Crippen LogP contribution in [0.5, 0.6) is 0 Å². The predicted molar refractivity (Wildman–Crippen MR) is 164 cm³/mol. The van der Waals surface area contributed by atoms with Crippen molar-refractivity contribution in [2.75, 3.05) is 19.8 Å². The molecule has 5 rings (SSSR count). The molecule has 4 aliphatic rings. The Balaban J connectivity index is 0.922. The maximum absolute atomic E-state index is 12.6. The maximum atomic E-state index is 12.6. The van der Waals surface area contributed by atoms with E-state index in [1.165, 1.54) is 4.90 Å². The molecule has 0 saturated carbocycles. The second-order valence-electron chi connectivity index (χ2n) is 13.3. The maximum Gasteiger partial charge on any atom is 0.362 e. The highest BCUT2D eigenvalue weighted by Gasteiger charge is 2.65. The molecular weight excluding hydrogens is 620 g/mol. The van der Waals surface area contributed by atoms with E-state index in [2.05, 4.69) is 0 Å². The summed E-state index contributed by atoms with van der Waals surface area (Å²) >= 11 is 0. The number of rotatable bonds is 16. The van der Waals surface area contributed by atoms with Crippen LogP contribution in [-0.2, 0) is 43.0 Å². The van der Waals surface area contributed by atoms with Crippen LogP contribution in [0.4, 0.5) is 0 Å². The van der Waals surface area contributed by atoms with E-state index in [-0.39, 0.29) is 24.8 Å². The van der Waals surface area contributed by atoms with Gasteiger partial charge in [-0.2, -0.15) is 8.42 Å². The van der Waals surface area contributed by atoms with Gasteiger partial charge in [0.25, 0.3) is 11.8 Å². The van der Waals surface area contributed by atoms with Crippen LogP contribution in [0.3, 0.4) is 0 Å². The first-order valence-electron chi connectivity index (χ1n) is 16.2. The summed E-state index contributed by atoms with van der Waals surface area (Å²) in [6, 6.07) is 6.93. The molecule has 4 aliphatic heterocycles. The Morgan fingerprint density at radius 1 is 0.870 bits per heavy atom. The van der Waals surface area contributed by atoms with Gasteiger partial charge in [-0.1, -0.05) is 57.1 Å². The van der Waals surface area contributed by atoms with Crippen molar-refractivity contribution in [3.63, 3.8) is 0 Å². The largest absolute Gasteiger partial charge is 0.362 e. The second kappa shape index (κ2) is 14.0. The number of carbonyl (C=O) groups is 3. The van der Waals surface area contributed by atoms with Crippen LogP contribution in [0.2, 0.25) is 0 Å². The highest BCUT2D eigenvalue weighted by atomic mass is 32.2. The van der Waals surface area contributed by atoms with Gasteiger partial charge in [0.05, 0.1) is 17.7 Å². The van der Waals surface area contributed by atoms with Gasteiger partial charge in [0.2, 0.25) is 11.7 Å². The van der Waals surface area contributed by atoms with Gasteiger partial charge in [-0.05, 0) is 52.7 Å². The normalized spacial score (nSPS) is 27.8. The Morgan fingerprint density at radius 2 is 1.46 bits per heavy atom. The zero-order valence-corrected chi connectivity index (χ0v) is 27.9. The minimum absolute atomic E-state index is 0.0569. The molecule has 256 valence electrons. The number of fused-ring (bicyclic) bond motifs is 4. The highest BCUT2D eigenvalue weighted by Crippen LogP contribution is 2.47. The van der Waals surface area contributed by atoms with E-state index in [0.29, 0.717) is 24.1 Å². The summed E-state index contributed by atoms with van der Waals surface area (Å²) in [4.78, 5) is 38.5. The minimum Gasteiger partial charge on any atom is -0.343 e. The summed E-state index contributed by atoms with van der Waals surface area (Å²) in [6.45, 7) is 6.93. The molecule has 0 aromatic heterocycles. The molecule has 4 heterocycles. The van der Waals surface area contributed by atoms with Crippen LogP contribution >= 0.6 is 0 Å². The number of imide groups is 1. The van der Waals surface area contributed by atoms with Crippen molar-refractivity contribution in [1.29, 1.82) is 0 Å². The van der Waals surface area contributed by atoms with Crippen LogP contribution in [-0.4, -0.2) is 86.5 Å². The van der Waals surface area contributed by atoms with E-state index in [9.17, 15) is 22.8 Å². The lowest BCUT2D eigenvalue weighted by Gasteiger charge is -2.40. The summed E-state index contributed by atoms with van der Waals surface area (Å²) in [5.41, 5.74) is 0.971. The van der Waals surface area contributed by atoms with Crippen LogP contribution < -0.4 is 4.72 Å². The fraction of sp³-hybridized carbons (Fsp3) is 0.719. The smallest absolute Gasteiger partial charge is 0.343 e. The Bertz CT molecular complexity index is 1360. The predicted octanol–water partition coefficient (Wildman–Crippen LogP) is 3.96. The van der Waals surface area contributed by atoms with E-state index in [4.69, 9.17) is 27.9 Å². The third-order valence-electron chi connectivity index (χ3n) is 8.59. The van der Waals surface area contributed by atoms with Gasteiger partial charge in [-0.15, -0.1) is 0 Å². The Labute approximate surface area is 270 Å². The lowest BCUT2D eigenvalue weighted by Crippen LogP contribution is -2.60. The number of benzene rings is 1. The molecule has 3 fully saturated rings. The number of amides is 3. The van der Waals surface area contributed by atoms with Crippen LogP contribution in [0.25, 0.3) is 0 Å². The summed E-state index contributed by atoms with van der Waals surface area (Å²) < 4.78 is 62.2. The van der Waals surface area contributed by atoms with Gasteiger partial charge in [0.1, 0.15) is 24.9 Å². The summed E-state index contributed by atoms with van der Waals surface area (Å²) in [5.74, 6) is -4.56. The van der Waals surface area contributed by atoms with Crippen molar-refractivity contribution < 1.29 is 50.7 Å². The van der Waals surface area contributed by atoms with Gasteiger partial charge in [-0.3, -0.25) is 19.3 Å². The molecule has 4 atom stereocenters. The van der Waals surface area contributed by atoms with Crippen LogP contribution in [0.15, 0.2) is 24.3 Å². The third kappa shape index (κ3) is 8.15. The van der Waals surface area contributed by atoms with E-state index < -0.39 is 58.5 Å². The van der Waals surface area contributed by atoms with E-state index in [0.717, 1.165) is 51.4 Å². The molecule has 3 saturated heterocycles. The van der Waals surface area contributed by atoms with E-state index >= 15 is 0 Å². The van der Waals surface area contributed by atoms with Crippen molar-refractivity contribution in [3.8, 4) is 0 Å². The van der Waals surface area contributed by atoms with Gasteiger partial charge < -0.3 is 23.7 Å². The molecule has 1 aromatic rings. The number of nitrogens with zero attached hydrogens (tertiary/aromatic N) is 1. The fourth-order valence-electron chi connectivity index (χ4n) is 6.56. The monoisotopic (exact) mass is 666 g/mol. The molecule has 0 spiro atoms. The molecular formula is C32H46N2O11S. The molecule has 1 N–H and O–H groups in total. The lowest BCUT2D eigenvalue weighted by atomic mass is 9.98. The topological polar surface area (TPSA) is 156 Å². The van der Waals surface area contributed by atoms with Crippen LogP contribution in [0.1, 0.15) is 113 Å². The third-order valence-corrected chi connectivity index (χ3v) is 9.50. The number of ether oxygens (including phenoxy) is 5. The Kier molecular flexibility index (Phi) is 10.6. The average Bonchev–Trinajstić information content (AvgIpc) is 3.55. The zero-order chi connectivity index (χ0) is 33.2. The van der Waals surface area contributed by atoms with Crippen molar-refractivity contribution >= 4 is 28.0 Å². The molecule has 46 heavy (non-hydrogen) atoms. The lowest BCUT2D eigenvalue weighted by molar-refractivity contribution is -0.290. The van der Waals surface area contributed by atoms with E-state index in [1.807, 2.05) is 4.72 Å². The molecule has 0 aliphatic carbocycles. The average molecular weight is 667 g/mol. The second-order valence-corrected chi connectivity index (χ2v) is 14.6. The van der Waals surface area contributed by atoms with Gasteiger partial charge >= 0.3 is 10.3 Å². The minimum atomic E-state index is -4.42. The molecule has 1 aromatic carbocycles. The van der Waals surface area contributed by atoms with Crippen molar-refractivity contribution in [2.24, 2.45) is 0 Å². The molecule has 0 unspecified atom stereocenters. The zero-order valence-electron chi connectivity index (χ0n) is 27.1. The van der Waals surface area contributed by atoms with Crippen molar-refractivity contribution in [2.45, 2.75) is 128 Å². The summed E-state index contributed by atoms with van der Waals surface area (Å²) in [7, 11) is -4.42. The number of carbonyl (C=O) groups excluding carboxylic acids is 3. The standard InChI is InChI=1S/C32H46N2O11S/c1-30(2)42-24-20-40-32(27(26(24)43-30)44-31(3,4)45-32)21-41-46(38,39)33-25(35)18-12-10-8-6-5-7-9-11-15-19-34-28(36)22-16-13-14-17-23(22)29(34)37/h13-14,16-17,24,26-27H,5-12,15,18-21H2,1-4H3,(H,33,35)/t24-,26-,27+,32+/m1/s1.